The van der Waals surface area contributed by atoms with Crippen molar-refractivity contribution < 1.29 is 29.0 Å². The van der Waals surface area contributed by atoms with E-state index in [0.717, 1.165) is 32.5 Å². The van der Waals surface area contributed by atoms with Crippen molar-refractivity contribution in [3.8, 4) is 0 Å². The summed E-state index contributed by atoms with van der Waals surface area (Å²) in [5.41, 5.74) is 0. The first-order valence-electron chi connectivity index (χ1n) is 9.17. The molecule has 2 aliphatic rings. The fraction of sp³-hybridized carbons (Fsp3) is 0.611. The Morgan fingerprint density at radius 1 is 1.04 bits per heavy atom. The summed E-state index contributed by atoms with van der Waals surface area (Å²) < 4.78 is 5.21. The molecule has 150 valence electrons. The molecule has 2 saturated heterocycles. The van der Waals surface area contributed by atoms with Gasteiger partial charge in [-0.3, -0.25) is 9.69 Å². The summed E-state index contributed by atoms with van der Waals surface area (Å²) in [6.45, 7) is 9.79. The van der Waals surface area contributed by atoms with Gasteiger partial charge in [-0.1, -0.05) is 6.92 Å². The van der Waals surface area contributed by atoms with E-state index < -0.39 is 11.9 Å². The number of aliphatic carboxylic acids is 2. The van der Waals surface area contributed by atoms with E-state index in [2.05, 4.69) is 16.7 Å². The normalized spacial score (nSPS) is 19.2. The maximum absolute atomic E-state index is 12.2. The van der Waals surface area contributed by atoms with E-state index in [1.807, 2.05) is 4.90 Å². The van der Waals surface area contributed by atoms with E-state index in [9.17, 15) is 4.79 Å². The number of rotatable bonds is 3. The van der Waals surface area contributed by atoms with Crippen LogP contribution < -0.4 is 0 Å². The Labute approximate surface area is 158 Å². The molecule has 0 saturated carbocycles. The van der Waals surface area contributed by atoms with Gasteiger partial charge in [-0.15, -0.1) is 0 Å². The average molecular weight is 381 g/mol. The highest BCUT2D eigenvalue weighted by molar-refractivity contribution is 6.27. The molecule has 1 aromatic rings. The van der Waals surface area contributed by atoms with E-state index in [4.69, 9.17) is 24.2 Å². The van der Waals surface area contributed by atoms with Crippen LogP contribution in [0.5, 0.6) is 0 Å². The first-order chi connectivity index (χ1) is 12.9. The number of carboxylic acids is 2. The van der Waals surface area contributed by atoms with Gasteiger partial charge in [0.25, 0.3) is 5.91 Å². The van der Waals surface area contributed by atoms with E-state index >= 15 is 0 Å². The Kier molecular flexibility index (Phi) is 7.81. The zero-order valence-corrected chi connectivity index (χ0v) is 15.5. The van der Waals surface area contributed by atoms with Crippen LogP contribution in [0.3, 0.4) is 0 Å². The number of amides is 1. The Bertz CT molecular complexity index is 605. The van der Waals surface area contributed by atoms with Crippen LogP contribution in [0.25, 0.3) is 0 Å². The summed E-state index contributed by atoms with van der Waals surface area (Å²) in [6.07, 6.45) is 3.73. The first kappa shape index (κ1) is 20.9. The van der Waals surface area contributed by atoms with Crippen molar-refractivity contribution in [3.63, 3.8) is 0 Å². The second kappa shape index (κ2) is 10.1. The third-order valence-corrected chi connectivity index (χ3v) is 5.04. The Morgan fingerprint density at radius 2 is 1.63 bits per heavy atom. The predicted octanol–water partition coefficient (Wildman–Crippen LogP) is 0.677. The highest BCUT2D eigenvalue weighted by Gasteiger charge is 2.29. The number of likely N-dealkylation sites (N-methyl/N-ethyl adjacent to an activating group) is 1. The van der Waals surface area contributed by atoms with Crippen LogP contribution in [-0.2, 0) is 9.59 Å². The van der Waals surface area contributed by atoms with Gasteiger partial charge < -0.3 is 24.4 Å². The predicted molar refractivity (Wildman–Crippen MR) is 96.6 cm³/mol. The number of carbonyl (C=O) groups is 3. The Morgan fingerprint density at radius 3 is 2.07 bits per heavy atom. The van der Waals surface area contributed by atoms with Crippen LogP contribution in [0.15, 0.2) is 22.8 Å². The fourth-order valence-corrected chi connectivity index (χ4v) is 3.43. The Balaban J connectivity index is 0.000000380. The number of likely N-dealkylation sites (tertiary alicyclic amines) is 1. The highest BCUT2D eigenvalue weighted by atomic mass is 16.4. The smallest absolute Gasteiger partial charge is 0.414 e. The molecule has 27 heavy (non-hydrogen) atoms. The second-order valence-electron chi connectivity index (χ2n) is 6.58. The summed E-state index contributed by atoms with van der Waals surface area (Å²) in [4.78, 5) is 37.5. The summed E-state index contributed by atoms with van der Waals surface area (Å²) >= 11 is 0. The standard InChI is InChI=1S/C16H25N3O2.C2H2O4/c1-2-17-9-11-18(12-10-17)14-5-7-19(8-6-14)16(20)15-4-3-13-21-15;3-1(4)2(5)6/h3-4,13-14H,2,5-12H2,1H3;(H,3,4)(H,5,6). The summed E-state index contributed by atoms with van der Waals surface area (Å²) in [7, 11) is 0. The van der Waals surface area contributed by atoms with E-state index in [-0.39, 0.29) is 5.91 Å². The molecule has 1 amide bonds. The molecule has 0 radical (unpaired) electrons. The molecule has 9 nitrogen and oxygen atoms in total. The number of carbonyl (C=O) groups excluding carboxylic acids is 1. The number of nitrogens with zero attached hydrogens (tertiary/aromatic N) is 3. The van der Waals surface area contributed by atoms with Crippen LogP contribution in [0.2, 0.25) is 0 Å². The zero-order valence-electron chi connectivity index (χ0n) is 15.5. The van der Waals surface area contributed by atoms with Gasteiger partial charge in [-0.2, -0.15) is 0 Å². The van der Waals surface area contributed by atoms with Gasteiger partial charge in [0.05, 0.1) is 6.26 Å². The van der Waals surface area contributed by atoms with Gasteiger partial charge in [0.15, 0.2) is 5.76 Å². The van der Waals surface area contributed by atoms with Gasteiger partial charge in [0.1, 0.15) is 0 Å². The molecule has 2 aliphatic heterocycles. The van der Waals surface area contributed by atoms with Crippen molar-refractivity contribution in [2.75, 3.05) is 45.8 Å². The van der Waals surface area contributed by atoms with Crippen LogP contribution in [-0.4, -0.2) is 94.6 Å². The number of hydrogen-bond donors (Lipinski definition) is 2. The van der Waals surface area contributed by atoms with Crippen LogP contribution in [0, 0.1) is 0 Å². The molecule has 9 heteroatoms. The van der Waals surface area contributed by atoms with Crippen LogP contribution in [0.1, 0.15) is 30.3 Å². The summed E-state index contributed by atoms with van der Waals surface area (Å²) in [5, 5.41) is 14.8. The molecule has 3 rings (SSSR count). The van der Waals surface area contributed by atoms with Gasteiger partial charge >= 0.3 is 11.9 Å². The lowest BCUT2D eigenvalue weighted by Crippen LogP contribution is -2.53. The van der Waals surface area contributed by atoms with Crippen molar-refractivity contribution in [2.24, 2.45) is 0 Å². The van der Waals surface area contributed by atoms with Crippen LogP contribution >= 0.6 is 0 Å². The molecule has 0 aromatic carbocycles. The molecule has 0 aliphatic carbocycles. The third kappa shape index (κ3) is 6.07. The molecule has 0 spiro atoms. The topological polar surface area (TPSA) is 115 Å². The molecule has 3 heterocycles. The van der Waals surface area contributed by atoms with Gasteiger partial charge in [-0.25, -0.2) is 9.59 Å². The average Bonchev–Trinajstić information content (AvgIpc) is 3.23. The minimum Gasteiger partial charge on any atom is -0.473 e. The fourth-order valence-electron chi connectivity index (χ4n) is 3.43. The molecular formula is C18H27N3O6. The number of hydrogen-bond acceptors (Lipinski definition) is 6. The molecule has 2 fully saturated rings. The lowest BCUT2D eigenvalue weighted by Gasteiger charge is -2.42. The lowest BCUT2D eigenvalue weighted by molar-refractivity contribution is -0.159. The molecule has 1 aromatic heterocycles. The van der Waals surface area contributed by atoms with Gasteiger partial charge in [-0.05, 0) is 31.5 Å². The Hall–Kier alpha value is -2.39. The van der Waals surface area contributed by atoms with Crippen molar-refractivity contribution in [2.45, 2.75) is 25.8 Å². The molecule has 0 unspecified atom stereocenters. The molecule has 0 atom stereocenters. The summed E-state index contributed by atoms with van der Waals surface area (Å²) in [6, 6.07) is 4.16. The van der Waals surface area contributed by atoms with E-state index in [1.165, 1.54) is 26.2 Å². The van der Waals surface area contributed by atoms with Crippen LogP contribution in [0.4, 0.5) is 0 Å². The highest BCUT2D eigenvalue weighted by Crippen LogP contribution is 2.20. The lowest BCUT2D eigenvalue weighted by atomic mass is 10.0. The molecular weight excluding hydrogens is 354 g/mol. The number of furan rings is 1. The monoisotopic (exact) mass is 381 g/mol. The third-order valence-electron chi connectivity index (χ3n) is 5.04. The minimum atomic E-state index is -1.82. The SMILES string of the molecule is CCN1CCN(C2CCN(C(=O)c3ccco3)CC2)CC1.O=C(O)C(=O)O. The molecule has 0 bridgehead atoms. The maximum Gasteiger partial charge on any atom is 0.414 e. The second-order valence-corrected chi connectivity index (χ2v) is 6.58. The number of piperidine rings is 1. The van der Waals surface area contributed by atoms with E-state index in [0.29, 0.717) is 11.8 Å². The van der Waals surface area contributed by atoms with Crippen molar-refractivity contribution in [1.82, 2.24) is 14.7 Å². The van der Waals surface area contributed by atoms with Gasteiger partial charge in [0.2, 0.25) is 0 Å². The maximum atomic E-state index is 12.2. The minimum absolute atomic E-state index is 0.0363. The van der Waals surface area contributed by atoms with Crippen molar-refractivity contribution in [1.29, 1.82) is 0 Å². The largest absolute Gasteiger partial charge is 0.473 e. The first-order valence-corrected chi connectivity index (χ1v) is 9.17. The van der Waals surface area contributed by atoms with Crippen molar-refractivity contribution >= 4 is 17.8 Å². The van der Waals surface area contributed by atoms with Gasteiger partial charge in [0, 0.05) is 45.3 Å². The zero-order chi connectivity index (χ0) is 19.8. The summed E-state index contributed by atoms with van der Waals surface area (Å²) in [5.74, 6) is -3.15. The van der Waals surface area contributed by atoms with E-state index in [1.54, 1.807) is 18.4 Å². The number of piperazine rings is 1. The molecule has 2 N–H and O–H groups in total. The van der Waals surface area contributed by atoms with Crippen molar-refractivity contribution in [3.05, 3.63) is 24.2 Å². The quantitative estimate of drug-likeness (QED) is 0.735. The number of carboxylic acid groups (broad SMARTS) is 2.